The maximum Gasteiger partial charge on any atom is 0.199 e. The van der Waals surface area contributed by atoms with E-state index in [4.69, 9.17) is 4.52 Å². The molecule has 1 aromatic carbocycles. The number of rotatable bonds is 5. The van der Waals surface area contributed by atoms with Crippen LogP contribution in [0.1, 0.15) is 61.7 Å². The normalized spacial score (nSPS) is 13.5. The van der Waals surface area contributed by atoms with E-state index in [2.05, 4.69) is 32.9 Å². The van der Waals surface area contributed by atoms with E-state index in [-0.39, 0.29) is 23.5 Å². The lowest BCUT2D eigenvalue weighted by molar-refractivity contribution is 0.101. The molecule has 0 radical (unpaired) electrons. The molecule has 1 unspecified atom stereocenters. The van der Waals surface area contributed by atoms with Crippen LogP contribution in [-0.4, -0.2) is 18.0 Å². The minimum Gasteiger partial charge on any atom is -0.327 e. The van der Waals surface area contributed by atoms with E-state index in [0.29, 0.717) is 5.56 Å². The number of benzene rings is 1. The molecule has 0 bridgehead atoms. The summed E-state index contributed by atoms with van der Waals surface area (Å²) < 4.78 is 17.1. The van der Waals surface area contributed by atoms with Gasteiger partial charge in [-0.25, -0.2) is 0 Å². The van der Waals surface area contributed by atoms with Crippen molar-refractivity contribution in [2.45, 2.75) is 60.0 Å². The van der Waals surface area contributed by atoms with Gasteiger partial charge in [0.15, 0.2) is 13.8 Å². The highest BCUT2D eigenvalue weighted by atomic mass is 31.1. The molecule has 0 fully saturated rings. The van der Waals surface area contributed by atoms with Gasteiger partial charge < -0.3 is 4.52 Å². The Kier molecular flexibility index (Phi) is 5.95. The second-order valence-electron chi connectivity index (χ2n) is 6.87. The summed E-state index contributed by atoms with van der Waals surface area (Å²) in [4.78, 5) is 12.4. The maximum atomic E-state index is 12.4. The van der Waals surface area contributed by atoms with Gasteiger partial charge in [-0.3, -0.25) is 9.36 Å². The molecule has 21 heavy (non-hydrogen) atoms. The molecular weight excluding hydrogens is 283 g/mol. The zero-order valence-electron chi connectivity index (χ0n) is 14.2. The average Bonchev–Trinajstić information content (AvgIpc) is 2.24. The van der Waals surface area contributed by atoms with Crippen LogP contribution in [0.5, 0.6) is 0 Å². The van der Waals surface area contributed by atoms with Crippen LogP contribution in [0.25, 0.3) is 0 Å². The Bertz CT molecular complexity index is 531. The third-order valence-electron chi connectivity index (χ3n) is 3.35. The molecule has 1 atom stereocenters. The topological polar surface area (TPSA) is 43.4 Å². The molecule has 1 aromatic rings. The number of aryl methyl sites for hydroxylation is 2. The first-order valence-corrected chi connectivity index (χ1v) is 8.89. The van der Waals surface area contributed by atoms with Gasteiger partial charge >= 0.3 is 0 Å². The molecule has 0 saturated carbocycles. The van der Waals surface area contributed by atoms with E-state index < -0.39 is 8.03 Å². The zero-order valence-corrected chi connectivity index (χ0v) is 15.2. The Hall–Kier alpha value is -0.920. The SMILES string of the molecule is Cc1cc(C(C)(C)C)cc(C)c1C(=O)C[PH](=O)OC(C)C. The van der Waals surface area contributed by atoms with Crippen LogP contribution in [0.15, 0.2) is 12.1 Å². The highest BCUT2D eigenvalue weighted by Crippen LogP contribution is 2.30. The van der Waals surface area contributed by atoms with Crippen molar-refractivity contribution in [1.29, 1.82) is 0 Å². The number of hydrogen-bond donors (Lipinski definition) is 0. The molecule has 0 N–H and O–H groups in total. The highest BCUT2D eigenvalue weighted by Gasteiger charge is 2.20. The molecule has 0 spiro atoms. The van der Waals surface area contributed by atoms with E-state index in [9.17, 15) is 9.36 Å². The molecule has 0 aliphatic carbocycles. The summed E-state index contributed by atoms with van der Waals surface area (Å²) in [7, 11) is -2.31. The Balaban J connectivity index is 3.04. The number of carbonyl (C=O) groups excluding carboxylic acids is 1. The van der Waals surface area contributed by atoms with Crippen molar-refractivity contribution in [3.8, 4) is 0 Å². The molecule has 4 heteroatoms. The van der Waals surface area contributed by atoms with Crippen molar-refractivity contribution in [1.82, 2.24) is 0 Å². The van der Waals surface area contributed by atoms with Gasteiger partial charge in [-0.05, 0) is 49.8 Å². The van der Waals surface area contributed by atoms with E-state index in [1.165, 1.54) is 5.56 Å². The third kappa shape index (κ3) is 5.09. The summed E-state index contributed by atoms with van der Waals surface area (Å²) in [6.07, 6.45) is -0.131. The first-order valence-electron chi connectivity index (χ1n) is 7.36. The van der Waals surface area contributed by atoms with Crippen molar-refractivity contribution in [2.24, 2.45) is 0 Å². The monoisotopic (exact) mass is 310 g/mol. The summed E-state index contributed by atoms with van der Waals surface area (Å²) in [6.45, 7) is 14.0. The lowest BCUT2D eigenvalue weighted by Crippen LogP contribution is -2.15. The van der Waals surface area contributed by atoms with Gasteiger partial charge in [0.1, 0.15) is 0 Å². The summed E-state index contributed by atoms with van der Waals surface area (Å²) >= 11 is 0. The van der Waals surface area contributed by atoms with Gasteiger partial charge in [-0.15, -0.1) is 0 Å². The number of Topliss-reactive ketones (excluding diaryl/α,β-unsaturated/α-hetero) is 1. The van der Waals surface area contributed by atoms with Crippen molar-refractivity contribution < 1.29 is 13.9 Å². The van der Waals surface area contributed by atoms with Gasteiger partial charge in [-0.2, -0.15) is 0 Å². The molecule has 3 nitrogen and oxygen atoms in total. The molecule has 0 aliphatic heterocycles. The zero-order chi connectivity index (χ0) is 16.4. The molecule has 0 aromatic heterocycles. The van der Waals surface area contributed by atoms with Crippen LogP contribution in [0, 0.1) is 13.8 Å². The van der Waals surface area contributed by atoms with E-state index in [0.717, 1.165) is 11.1 Å². The molecular formula is C17H27O3P. The predicted octanol–water partition coefficient (Wildman–Crippen LogP) is 4.68. The first kappa shape index (κ1) is 18.1. The van der Waals surface area contributed by atoms with Crippen molar-refractivity contribution in [2.75, 3.05) is 6.16 Å². The number of carbonyl (C=O) groups is 1. The highest BCUT2D eigenvalue weighted by molar-refractivity contribution is 7.40. The van der Waals surface area contributed by atoms with Gasteiger partial charge in [-0.1, -0.05) is 32.9 Å². The first-order chi connectivity index (χ1) is 9.52. The standard InChI is InChI=1S/C17H27O3P/c1-11(2)20-21(19)10-15(18)16-12(3)8-14(9-13(16)4)17(5,6)7/h8-9,11,21H,10H2,1-7H3. The lowest BCUT2D eigenvalue weighted by Gasteiger charge is -2.22. The number of ketones is 1. The summed E-state index contributed by atoms with van der Waals surface area (Å²) in [6, 6.07) is 4.11. The van der Waals surface area contributed by atoms with E-state index >= 15 is 0 Å². The van der Waals surface area contributed by atoms with Gasteiger partial charge in [0, 0.05) is 5.56 Å². The second-order valence-corrected chi connectivity index (χ2v) is 8.21. The Morgan fingerprint density at radius 3 is 2.05 bits per heavy atom. The Labute approximate surface area is 129 Å². The van der Waals surface area contributed by atoms with Crippen LogP contribution in [-0.2, 0) is 14.5 Å². The average molecular weight is 310 g/mol. The molecule has 118 valence electrons. The van der Waals surface area contributed by atoms with Gasteiger partial charge in [0.05, 0.1) is 12.3 Å². The smallest absolute Gasteiger partial charge is 0.199 e. The van der Waals surface area contributed by atoms with Crippen LogP contribution in [0.4, 0.5) is 0 Å². The van der Waals surface area contributed by atoms with E-state index in [1.54, 1.807) is 0 Å². The third-order valence-corrected chi connectivity index (χ3v) is 4.69. The lowest BCUT2D eigenvalue weighted by atomic mass is 9.83. The second kappa shape index (κ2) is 6.89. The number of hydrogen-bond acceptors (Lipinski definition) is 3. The minimum atomic E-state index is -2.31. The van der Waals surface area contributed by atoms with Crippen LogP contribution >= 0.6 is 8.03 Å². The molecule has 0 amide bonds. The molecule has 0 heterocycles. The predicted molar refractivity (Wildman–Crippen MR) is 89.0 cm³/mol. The van der Waals surface area contributed by atoms with Crippen molar-refractivity contribution in [3.63, 3.8) is 0 Å². The van der Waals surface area contributed by atoms with Crippen LogP contribution in [0.2, 0.25) is 0 Å². The van der Waals surface area contributed by atoms with Crippen LogP contribution < -0.4 is 0 Å². The van der Waals surface area contributed by atoms with Crippen LogP contribution in [0.3, 0.4) is 0 Å². The summed E-state index contributed by atoms with van der Waals surface area (Å²) in [5, 5.41) is 0. The van der Waals surface area contributed by atoms with Crippen molar-refractivity contribution >= 4 is 13.8 Å². The Morgan fingerprint density at radius 1 is 1.19 bits per heavy atom. The van der Waals surface area contributed by atoms with Gasteiger partial charge in [0.2, 0.25) is 0 Å². The van der Waals surface area contributed by atoms with Gasteiger partial charge in [0.25, 0.3) is 0 Å². The quantitative estimate of drug-likeness (QED) is 0.585. The minimum absolute atomic E-state index is 0.0145. The molecule has 0 aliphatic rings. The summed E-state index contributed by atoms with van der Waals surface area (Å²) in [5.41, 5.74) is 3.84. The van der Waals surface area contributed by atoms with Crippen molar-refractivity contribution in [3.05, 3.63) is 34.4 Å². The largest absolute Gasteiger partial charge is 0.327 e. The fraction of sp³-hybridized carbons (Fsp3) is 0.588. The molecule has 0 saturated heterocycles. The maximum absolute atomic E-state index is 12.4. The fourth-order valence-corrected chi connectivity index (χ4v) is 3.41. The fourth-order valence-electron chi connectivity index (χ4n) is 2.36. The Morgan fingerprint density at radius 2 is 1.67 bits per heavy atom. The summed E-state index contributed by atoms with van der Waals surface area (Å²) in [5.74, 6) is -0.0880. The molecule has 1 rings (SSSR count). The van der Waals surface area contributed by atoms with E-state index in [1.807, 2.05) is 27.7 Å².